The van der Waals surface area contributed by atoms with Crippen molar-refractivity contribution in [3.05, 3.63) is 60.8 Å². The largest absolute Gasteiger partial charge is 0.0845 e. The Morgan fingerprint density at radius 2 is 1.54 bits per heavy atom. The summed E-state index contributed by atoms with van der Waals surface area (Å²) in [5, 5.41) is 0. The van der Waals surface area contributed by atoms with E-state index in [0.717, 1.165) is 12.8 Å². The van der Waals surface area contributed by atoms with Gasteiger partial charge in [0, 0.05) is 0 Å². The van der Waals surface area contributed by atoms with Crippen LogP contribution in [0.3, 0.4) is 0 Å². The maximum Gasteiger partial charge on any atom is -0.0187 e. The van der Waals surface area contributed by atoms with Gasteiger partial charge in [0.1, 0.15) is 0 Å². The maximum absolute atomic E-state index is 3.08. The van der Waals surface area contributed by atoms with Gasteiger partial charge in [-0.15, -0.1) is 0 Å². The summed E-state index contributed by atoms with van der Waals surface area (Å²) in [5.41, 5.74) is 0. The van der Waals surface area contributed by atoms with E-state index in [1.807, 2.05) is 30.4 Å². The van der Waals surface area contributed by atoms with E-state index in [9.17, 15) is 0 Å². The highest BCUT2D eigenvalue weighted by atomic mass is 13.8. The molecule has 0 nitrogen and oxygen atoms in total. The number of allylic oxidation sites excluding steroid dienone is 10. The Hall–Kier alpha value is -1.30. The van der Waals surface area contributed by atoms with Gasteiger partial charge in [0.15, 0.2) is 0 Å². The molecular formula is C13H15. The lowest BCUT2D eigenvalue weighted by molar-refractivity contribution is 0.868. The molecule has 0 unspecified atom stereocenters. The predicted molar refractivity (Wildman–Crippen MR) is 58.2 cm³/mol. The van der Waals surface area contributed by atoms with Crippen molar-refractivity contribution in [2.24, 2.45) is 0 Å². The van der Waals surface area contributed by atoms with Gasteiger partial charge in [0.25, 0.3) is 0 Å². The molecule has 0 spiro atoms. The van der Waals surface area contributed by atoms with E-state index in [1.165, 1.54) is 6.42 Å². The second kappa shape index (κ2) is 7.35. The van der Waals surface area contributed by atoms with Crippen molar-refractivity contribution in [1.82, 2.24) is 0 Å². The van der Waals surface area contributed by atoms with Crippen LogP contribution in [0.5, 0.6) is 0 Å². The fraction of sp³-hybridized carbons (Fsp3) is 0.231. The highest BCUT2D eigenvalue weighted by Gasteiger charge is 1.79. The van der Waals surface area contributed by atoms with Crippen LogP contribution in [0.15, 0.2) is 54.7 Å². The van der Waals surface area contributed by atoms with Gasteiger partial charge in [0.2, 0.25) is 0 Å². The molecule has 0 amide bonds. The normalized spacial score (nSPS) is 30.2. The first-order valence-corrected chi connectivity index (χ1v) is 4.73. The second-order valence-electron chi connectivity index (χ2n) is 2.86. The van der Waals surface area contributed by atoms with Crippen LogP contribution < -0.4 is 0 Å². The van der Waals surface area contributed by atoms with Crippen molar-refractivity contribution in [2.75, 3.05) is 0 Å². The van der Waals surface area contributed by atoms with E-state index in [0.29, 0.717) is 0 Å². The summed E-state index contributed by atoms with van der Waals surface area (Å²) in [6.07, 6.45) is 25.0. The zero-order valence-electron chi connectivity index (χ0n) is 7.82. The summed E-state index contributed by atoms with van der Waals surface area (Å²) in [6, 6.07) is 0. The Bertz CT molecular complexity index is 223. The quantitative estimate of drug-likeness (QED) is 0.520. The molecule has 0 heteroatoms. The third-order valence-electron chi connectivity index (χ3n) is 1.73. The molecule has 0 bridgehead atoms. The minimum Gasteiger partial charge on any atom is -0.0845 e. The van der Waals surface area contributed by atoms with Gasteiger partial charge in [-0.1, -0.05) is 54.7 Å². The Morgan fingerprint density at radius 3 is 2.54 bits per heavy atom. The van der Waals surface area contributed by atoms with Crippen molar-refractivity contribution in [3.8, 4) is 0 Å². The Morgan fingerprint density at radius 1 is 0.769 bits per heavy atom. The maximum atomic E-state index is 3.08. The van der Waals surface area contributed by atoms with Gasteiger partial charge in [-0.05, 0) is 25.3 Å². The number of rotatable bonds is 0. The Kier molecular flexibility index (Phi) is 5.54. The lowest BCUT2D eigenvalue weighted by Crippen LogP contribution is -1.67. The summed E-state index contributed by atoms with van der Waals surface area (Å²) >= 11 is 0. The van der Waals surface area contributed by atoms with Gasteiger partial charge in [-0.25, -0.2) is 0 Å². The van der Waals surface area contributed by atoms with E-state index in [1.54, 1.807) is 0 Å². The third kappa shape index (κ3) is 5.92. The molecule has 0 aromatic heterocycles. The molecule has 0 saturated carbocycles. The average Bonchev–Trinajstić information content (AvgIpc) is 2.18. The lowest BCUT2D eigenvalue weighted by atomic mass is 10.2. The van der Waals surface area contributed by atoms with E-state index in [-0.39, 0.29) is 0 Å². The number of hydrogen-bond donors (Lipinski definition) is 0. The molecule has 0 aromatic rings. The van der Waals surface area contributed by atoms with Gasteiger partial charge < -0.3 is 0 Å². The Labute approximate surface area is 80.7 Å². The molecule has 0 N–H and O–H groups in total. The van der Waals surface area contributed by atoms with E-state index in [2.05, 4.69) is 30.4 Å². The van der Waals surface area contributed by atoms with Crippen molar-refractivity contribution in [3.63, 3.8) is 0 Å². The highest BCUT2D eigenvalue weighted by molar-refractivity contribution is 5.16. The van der Waals surface area contributed by atoms with Gasteiger partial charge in [-0.3, -0.25) is 0 Å². The van der Waals surface area contributed by atoms with Crippen LogP contribution in [-0.2, 0) is 0 Å². The topological polar surface area (TPSA) is 0 Å². The summed E-state index contributed by atoms with van der Waals surface area (Å²) < 4.78 is 0. The van der Waals surface area contributed by atoms with Crippen molar-refractivity contribution >= 4 is 0 Å². The van der Waals surface area contributed by atoms with E-state index in [4.69, 9.17) is 0 Å². The molecule has 0 aromatic carbocycles. The molecule has 0 heterocycles. The first-order valence-electron chi connectivity index (χ1n) is 4.73. The molecule has 1 aliphatic rings. The first kappa shape index (κ1) is 9.79. The van der Waals surface area contributed by atoms with E-state index >= 15 is 0 Å². The molecule has 67 valence electrons. The summed E-state index contributed by atoms with van der Waals surface area (Å²) in [4.78, 5) is 0. The van der Waals surface area contributed by atoms with Gasteiger partial charge in [-0.2, -0.15) is 0 Å². The molecule has 0 atom stereocenters. The fourth-order valence-electron chi connectivity index (χ4n) is 1.04. The average molecular weight is 171 g/mol. The van der Waals surface area contributed by atoms with Crippen LogP contribution >= 0.6 is 0 Å². The van der Waals surface area contributed by atoms with Crippen LogP contribution in [0.4, 0.5) is 0 Å². The lowest BCUT2D eigenvalue weighted by Gasteiger charge is -1.87. The standard InChI is InChI=1S/C13H15/c1-2-4-6-8-10-12-13-11-9-7-5-3-1/h1-7,11,13H,8,10,12H2/b2-1+,5-3-,6-4+,9-7?,13-11+. The molecule has 13 heavy (non-hydrogen) atoms. The SMILES string of the molecule is [C]1=C/C=C\C=C\C=C\CCC/C=C/1. The van der Waals surface area contributed by atoms with Crippen LogP contribution in [0.2, 0.25) is 0 Å². The van der Waals surface area contributed by atoms with Crippen LogP contribution in [0.25, 0.3) is 0 Å². The monoisotopic (exact) mass is 171 g/mol. The first-order chi connectivity index (χ1) is 6.50. The van der Waals surface area contributed by atoms with Crippen molar-refractivity contribution < 1.29 is 0 Å². The van der Waals surface area contributed by atoms with Gasteiger partial charge >= 0.3 is 0 Å². The predicted octanol–water partition coefficient (Wildman–Crippen LogP) is 3.75. The molecule has 0 fully saturated rings. The van der Waals surface area contributed by atoms with Crippen molar-refractivity contribution in [1.29, 1.82) is 0 Å². The zero-order chi connectivity index (χ0) is 9.19. The smallest absolute Gasteiger partial charge is 0.0187 e. The van der Waals surface area contributed by atoms with Crippen LogP contribution in [0.1, 0.15) is 19.3 Å². The number of hydrogen-bond acceptors (Lipinski definition) is 0. The van der Waals surface area contributed by atoms with Crippen LogP contribution in [0, 0.1) is 6.08 Å². The Balaban J connectivity index is 2.51. The molecular weight excluding hydrogens is 156 g/mol. The van der Waals surface area contributed by atoms with Gasteiger partial charge in [0.05, 0.1) is 0 Å². The molecule has 1 aliphatic carbocycles. The molecule has 0 aliphatic heterocycles. The zero-order valence-corrected chi connectivity index (χ0v) is 7.82. The third-order valence-corrected chi connectivity index (χ3v) is 1.73. The highest BCUT2D eigenvalue weighted by Crippen LogP contribution is 1.98. The summed E-state index contributed by atoms with van der Waals surface area (Å²) in [5.74, 6) is 0. The molecule has 0 saturated heterocycles. The summed E-state index contributed by atoms with van der Waals surface area (Å²) in [6.45, 7) is 0. The minimum atomic E-state index is 1.14. The van der Waals surface area contributed by atoms with Crippen LogP contribution in [-0.4, -0.2) is 0 Å². The second-order valence-corrected chi connectivity index (χ2v) is 2.86. The summed E-state index contributed by atoms with van der Waals surface area (Å²) in [7, 11) is 0. The molecule has 1 radical (unpaired) electrons. The molecule has 1 rings (SSSR count). The fourth-order valence-corrected chi connectivity index (χ4v) is 1.04. The van der Waals surface area contributed by atoms with E-state index < -0.39 is 0 Å². The van der Waals surface area contributed by atoms with Crippen molar-refractivity contribution in [2.45, 2.75) is 19.3 Å². The minimum absolute atomic E-state index is 1.14.